The Bertz CT molecular complexity index is 716. The highest BCUT2D eigenvalue weighted by Crippen LogP contribution is 2.36. The molecule has 1 atom stereocenters. The average Bonchev–Trinajstić information content (AvgIpc) is 2.86. The molecule has 1 saturated heterocycles. The second kappa shape index (κ2) is 5.95. The Morgan fingerprint density at radius 1 is 0.957 bits per heavy atom. The van der Waals surface area contributed by atoms with Crippen molar-refractivity contribution in [2.45, 2.75) is 39.0 Å². The predicted octanol–water partition coefficient (Wildman–Crippen LogP) is 4.15. The van der Waals surface area contributed by atoms with E-state index in [9.17, 15) is 0 Å². The number of rotatable bonds is 3. The zero-order valence-corrected chi connectivity index (χ0v) is 14.2. The molecule has 4 heteroatoms. The highest BCUT2D eigenvalue weighted by atomic mass is 32.1. The van der Waals surface area contributed by atoms with E-state index in [0.29, 0.717) is 6.17 Å². The van der Waals surface area contributed by atoms with Crippen molar-refractivity contribution in [1.29, 1.82) is 0 Å². The summed E-state index contributed by atoms with van der Waals surface area (Å²) < 4.78 is 0. The molecule has 2 aliphatic heterocycles. The topological polar surface area (TPSA) is 9.72 Å². The number of hydrogen-bond donors (Lipinski definition) is 0. The van der Waals surface area contributed by atoms with Crippen molar-refractivity contribution in [2.24, 2.45) is 0 Å². The van der Waals surface area contributed by atoms with Crippen LogP contribution in [0.4, 0.5) is 5.69 Å². The Morgan fingerprint density at radius 3 is 2.30 bits per heavy atom. The molecule has 23 heavy (non-hydrogen) atoms. The van der Waals surface area contributed by atoms with Gasteiger partial charge in [0.15, 0.2) is 5.11 Å². The van der Waals surface area contributed by atoms with Crippen molar-refractivity contribution in [1.82, 2.24) is 10.0 Å². The molecular formula is C19H21N3S. The molecule has 0 radical (unpaired) electrons. The highest BCUT2D eigenvalue weighted by molar-refractivity contribution is 7.80. The van der Waals surface area contributed by atoms with Crippen LogP contribution < -0.4 is 4.90 Å². The molecule has 1 unspecified atom stereocenters. The Hall–Kier alpha value is -1.91. The number of hydrazine groups is 1. The molecule has 2 heterocycles. The summed E-state index contributed by atoms with van der Waals surface area (Å²) in [5, 5.41) is 5.65. The molecule has 0 N–H and O–H groups in total. The smallest absolute Gasteiger partial charge is 0.192 e. The summed E-state index contributed by atoms with van der Waals surface area (Å²) >= 11 is 5.85. The van der Waals surface area contributed by atoms with Crippen LogP contribution in [0.15, 0.2) is 54.6 Å². The van der Waals surface area contributed by atoms with E-state index in [1.54, 1.807) is 0 Å². The standard InChI is InChI=1S/C19H21N3S/c1-2-8-18-20-13-15-9-6-7-10-16(15)14-21(20)19(23)22(18)17-11-4-3-5-12-17/h3-7,9-12,18H,2,8,13-14H2,1H3. The molecule has 2 aliphatic rings. The number of nitrogens with zero attached hydrogens (tertiary/aromatic N) is 3. The maximum Gasteiger partial charge on any atom is 0.192 e. The van der Waals surface area contributed by atoms with Gasteiger partial charge < -0.3 is 0 Å². The molecule has 0 aromatic heterocycles. The van der Waals surface area contributed by atoms with Gasteiger partial charge >= 0.3 is 0 Å². The number of benzene rings is 2. The average molecular weight is 323 g/mol. The zero-order chi connectivity index (χ0) is 15.8. The van der Waals surface area contributed by atoms with Gasteiger partial charge in [0.1, 0.15) is 6.17 Å². The third-order valence-corrected chi connectivity index (χ3v) is 5.14. The molecule has 2 aromatic rings. The molecule has 0 bridgehead atoms. The summed E-state index contributed by atoms with van der Waals surface area (Å²) in [6.45, 7) is 4.05. The van der Waals surface area contributed by atoms with Gasteiger partial charge in [0.05, 0.1) is 6.54 Å². The van der Waals surface area contributed by atoms with Crippen molar-refractivity contribution in [2.75, 3.05) is 4.90 Å². The number of fused-ring (bicyclic) bond motifs is 2. The fraction of sp³-hybridized carbons (Fsp3) is 0.316. The number of thiocarbonyl (C=S) groups is 1. The molecule has 2 aromatic carbocycles. The number of para-hydroxylation sites is 1. The van der Waals surface area contributed by atoms with Crippen LogP contribution in [0.2, 0.25) is 0 Å². The fourth-order valence-electron chi connectivity index (χ4n) is 3.61. The summed E-state index contributed by atoms with van der Waals surface area (Å²) in [6.07, 6.45) is 2.55. The summed E-state index contributed by atoms with van der Waals surface area (Å²) in [6, 6.07) is 19.2. The minimum Gasteiger partial charge on any atom is -0.300 e. The van der Waals surface area contributed by atoms with E-state index in [-0.39, 0.29) is 0 Å². The first kappa shape index (κ1) is 14.7. The molecule has 118 valence electrons. The van der Waals surface area contributed by atoms with Crippen molar-refractivity contribution >= 4 is 23.0 Å². The first-order valence-electron chi connectivity index (χ1n) is 8.28. The van der Waals surface area contributed by atoms with E-state index >= 15 is 0 Å². The molecule has 4 rings (SSSR count). The summed E-state index contributed by atoms with van der Waals surface area (Å²) in [5.41, 5.74) is 3.99. The zero-order valence-electron chi connectivity index (χ0n) is 13.4. The molecule has 0 spiro atoms. The first-order valence-corrected chi connectivity index (χ1v) is 8.69. The Morgan fingerprint density at radius 2 is 1.61 bits per heavy atom. The summed E-state index contributed by atoms with van der Waals surface area (Å²) in [5.74, 6) is 0. The van der Waals surface area contributed by atoms with Crippen molar-refractivity contribution < 1.29 is 0 Å². The van der Waals surface area contributed by atoms with Gasteiger partial charge in [-0.15, -0.1) is 0 Å². The van der Waals surface area contributed by atoms with Crippen molar-refractivity contribution in [3.63, 3.8) is 0 Å². The van der Waals surface area contributed by atoms with Crippen LogP contribution in [0.5, 0.6) is 0 Å². The van der Waals surface area contributed by atoms with Gasteiger partial charge in [-0.2, -0.15) is 5.01 Å². The van der Waals surface area contributed by atoms with Gasteiger partial charge in [-0.3, -0.25) is 9.91 Å². The Kier molecular flexibility index (Phi) is 3.79. The van der Waals surface area contributed by atoms with Gasteiger partial charge in [-0.1, -0.05) is 55.8 Å². The lowest BCUT2D eigenvalue weighted by atomic mass is 10.1. The fourth-order valence-corrected chi connectivity index (χ4v) is 4.01. The third-order valence-electron chi connectivity index (χ3n) is 4.73. The van der Waals surface area contributed by atoms with Crippen molar-refractivity contribution in [3.05, 3.63) is 65.7 Å². The lowest BCUT2D eigenvalue weighted by Crippen LogP contribution is -2.45. The quantitative estimate of drug-likeness (QED) is 0.785. The number of hydrogen-bond acceptors (Lipinski definition) is 2. The first-order chi connectivity index (χ1) is 11.3. The van der Waals surface area contributed by atoms with E-state index in [0.717, 1.165) is 31.0 Å². The SMILES string of the molecule is CCCC1N(c2ccccc2)C(=S)N2Cc3ccccc3CN12. The van der Waals surface area contributed by atoms with Crippen LogP contribution in [-0.4, -0.2) is 21.3 Å². The maximum absolute atomic E-state index is 5.85. The van der Waals surface area contributed by atoms with Gasteiger partial charge in [-0.05, 0) is 41.9 Å². The monoisotopic (exact) mass is 323 g/mol. The molecule has 0 amide bonds. The van der Waals surface area contributed by atoms with Crippen molar-refractivity contribution in [3.8, 4) is 0 Å². The summed E-state index contributed by atoms with van der Waals surface area (Å²) in [4.78, 5) is 2.32. The van der Waals surface area contributed by atoms with E-state index in [1.807, 2.05) is 0 Å². The molecule has 0 aliphatic carbocycles. The normalized spacial score (nSPS) is 20.6. The van der Waals surface area contributed by atoms with Crippen LogP contribution >= 0.6 is 12.2 Å². The Labute approximate surface area is 143 Å². The molecule has 1 fully saturated rings. The summed E-state index contributed by atoms with van der Waals surface area (Å²) in [7, 11) is 0. The van der Waals surface area contributed by atoms with E-state index in [2.05, 4.69) is 76.4 Å². The van der Waals surface area contributed by atoms with E-state index in [4.69, 9.17) is 12.2 Å². The predicted molar refractivity (Wildman–Crippen MR) is 97.7 cm³/mol. The third kappa shape index (κ3) is 2.42. The van der Waals surface area contributed by atoms with Crippen LogP contribution in [0.1, 0.15) is 30.9 Å². The van der Waals surface area contributed by atoms with Crippen LogP contribution in [-0.2, 0) is 13.1 Å². The lowest BCUT2D eigenvalue weighted by molar-refractivity contribution is 0.00448. The van der Waals surface area contributed by atoms with Gasteiger partial charge in [-0.25, -0.2) is 0 Å². The maximum atomic E-state index is 5.85. The van der Waals surface area contributed by atoms with Crippen LogP contribution in [0.25, 0.3) is 0 Å². The van der Waals surface area contributed by atoms with Gasteiger partial charge in [0.25, 0.3) is 0 Å². The largest absolute Gasteiger partial charge is 0.300 e. The van der Waals surface area contributed by atoms with E-state index in [1.165, 1.54) is 16.8 Å². The second-order valence-corrected chi connectivity index (χ2v) is 6.55. The number of anilines is 1. The minimum atomic E-state index is 0.309. The van der Waals surface area contributed by atoms with Gasteiger partial charge in [0.2, 0.25) is 0 Å². The molecule has 0 saturated carbocycles. The lowest BCUT2D eigenvalue weighted by Gasteiger charge is -2.36. The molecule has 3 nitrogen and oxygen atoms in total. The second-order valence-electron chi connectivity index (χ2n) is 6.18. The van der Waals surface area contributed by atoms with Crippen LogP contribution in [0.3, 0.4) is 0 Å². The van der Waals surface area contributed by atoms with E-state index < -0.39 is 0 Å². The Balaban J connectivity index is 1.73. The minimum absolute atomic E-state index is 0.309. The van der Waals surface area contributed by atoms with Crippen LogP contribution in [0, 0.1) is 0 Å². The molecular weight excluding hydrogens is 302 g/mol. The highest BCUT2D eigenvalue weighted by Gasteiger charge is 2.43. The van der Waals surface area contributed by atoms with Gasteiger partial charge in [0, 0.05) is 12.2 Å².